The van der Waals surface area contributed by atoms with E-state index in [-0.39, 0.29) is 5.76 Å². The molecule has 0 aliphatic heterocycles. The second-order valence-electron chi connectivity index (χ2n) is 6.20. The van der Waals surface area contributed by atoms with E-state index in [4.69, 9.17) is 4.74 Å². The van der Waals surface area contributed by atoms with Crippen LogP contribution in [0.2, 0.25) is 0 Å². The number of amides is 1. The Morgan fingerprint density at radius 2 is 2.04 bits per heavy atom. The first-order chi connectivity index (χ1) is 10.7. The van der Waals surface area contributed by atoms with Crippen molar-refractivity contribution < 1.29 is 14.6 Å². The highest BCUT2D eigenvalue weighted by Gasteiger charge is 2.15. The third-order valence-corrected chi connectivity index (χ3v) is 2.93. The van der Waals surface area contributed by atoms with E-state index in [1.807, 2.05) is 58.0 Å². The molecule has 0 spiro atoms. The highest BCUT2D eigenvalue weighted by molar-refractivity contribution is 5.68. The van der Waals surface area contributed by atoms with Gasteiger partial charge in [-0.15, -0.1) is 0 Å². The molecular weight excluding hydrogens is 290 g/mol. The summed E-state index contributed by atoms with van der Waals surface area (Å²) in [7, 11) is 0. The van der Waals surface area contributed by atoms with Crippen molar-refractivity contribution in [2.75, 3.05) is 0 Å². The summed E-state index contributed by atoms with van der Waals surface area (Å²) in [5.41, 5.74) is 2.47. The summed E-state index contributed by atoms with van der Waals surface area (Å²) in [6.45, 7) is 11.3. The zero-order chi connectivity index (χ0) is 17.5. The first-order valence-corrected chi connectivity index (χ1v) is 7.47. The van der Waals surface area contributed by atoms with Gasteiger partial charge < -0.3 is 15.2 Å². The predicted octanol–water partition coefficient (Wildman–Crippen LogP) is 4.74. The average Bonchev–Trinajstić information content (AvgIpc) is 2.48. The molecule has 0 fully saturated rings. The fourth-order valence-electron chi connectivity index (χ4n) is 1.79. The van der Waals surface area contributed by atoms with Crippen LogP contribution >= 0.6 is 0 Å². The maximum absolute atomic E-state index is 11.7. The highest BCUT2D eigenvalue weighted by atomic mass is 16.6. The summed E-state index contributed by atoms with van der Waals surface area (Å²) < 4.78 is 5.21. The van der Waals surface area contributed by atoms with Crippen molar-refractivity contribution in [2.24, 2.45) is 0 Å². The van der Waals surface area contributed by atoms with Gasteiger partial charge >= 0.3 is 6.09 Å². The molecule has 4 nitrogen and oxygen atoms in total. The van der Waals surface area contributed by atoms with Crippen molar-refractivity contribution in [2.45, 2.75) is 39.8 Å². The molecule has 4 heteroatoms. The van der Waals surface area contributed by atoms with Gasteiger partial charge in [0.25, 0.3) is 0 Å². The number of allylic oxidation sites excluding steroid dienone is 4. The topological polar surface area (TPSA) is 58.6 Å². The molecule has 2 N–H and O–H groups in total. The fraction of sp³-hybridized carbons (Fsp3) is 0.316. The Bertz CT molecular complexity index is 622. The molecule has 1 aromatic carbocycles. The molecule has 1 aromatic rings. The number of ether oxygens (including phenoxy) is 1. The van der Waals surface area contributed by atoms with Crippen LogP contribution in [-0.4, -0.2) is 16.8 Å². The van der Waals surface area contributed by atoms with Crippen LogP contribution in [0.15, 0.2) is 54.8 Å². The molecule has 124 valence electrons. The maximum Gasteiger partial charge on any atom is 0.407 e. The monoisotopic (exact) mass is 315 g/mol. The van der Waals surface area contributed by atoms with Crippen LogP contribution in [0, 0.1) is 0 Å². The molecule has 1 rings (SSSR count). The minimum atomic E-state index is -0.509. The second-order valence-corrected chi connectivity index (χ2v) is 6.20. The Hall–Kier alpha value is -2.49. The van der Waals surface area contributed by atoms with Gasteiger partial charge in [-0.2, -0.15) is 0 Å². The third-order valence-electron chi connectivity index (χ3n) is 2.93. The van der Waals surface area contributed by atoms with Gasteiger partial charge in [0.2, 0.25) is 0 Å². The lowest BCUT2D eigenvalue weighted by Crippen LogP contribution is -2.32. The van der Waals surface area contributed by atoms with Gasteiger partial charge in [-0.3, -0.25) is 0 Å². The number of nitrogens with one attached hydrogen (secondary N) is 1. The van der Waals surface area contributed by atoms with E-state index in [0.29, 0.717) is 6.54 Å². The first kappa shape index (κ1) is 18.6. The lowest BCUT2D eigenvalue weighted by atomic mass is 10.0. The smallest absolute Gasteiger partial charge is 0.407 e. The van der Waals surface area contributed by atoms with Gasteiger partial charge in [0.1, 0.15) is 11.4 Å². The van der Waals surface area contributed by atoms with Crippen molar-refractivity contribution in [1.29, 1.82) is 0 Å². The summed E-state index contributed by atoms with van der Waals surface area (Å²) in [5.74, 6) is 0.118. The number of carbonyl (C=O) groups excluding carboxylic acids is 1. The van der Waals surface area contributed by atoms with Gasteiger partial charge in [-0.1, -0.05) is 30.9 Å². The van der Waals surface area contributed by atoms with Crippen molar-refractivity contribution in [3.63, 3.8) is 0 Å². The van der Waals surface area contributed by atoms with E-state index in [1.54, 1.807) is 6.08 Å². The predicted molar refractivity (Wildman–Crippen MR) is 94.1 cm³/mol. The number of carbonyl (C=O) groups is 1. The molecule has 23 heavy (non-hydrogen) atoms. The maximum atomic E-state index is 11.7. The summed E-state index contributed by atoms with van der Waals surface area (Å²) in [4.78, 5) is 11.7. The summed E-state index contributed by atoms with van der Waals surface area (Å²) in [6.07, 6.45) is 4.35. The normalized spacial score (nSPS) is 12.7. The van der Waals surface area contributed by atoms with Crippen molar-refractivity contribution >= 4 is 11.7 Å². The highest BCUT2D eigenvalue weighted by Crippen LogP contribution is 2.16. The van der Waals surface area contributed by atoms with Crippen LogP contribution < -0.4 is 5.32 Å². The molecule has 0 heterocycles. The van der Waals surface area contributed by atoms with E-state index in [0.717, 1.165) is 16.7 Å². The number of aliphatic hydroxyl groups is 1. The zero-order valence-corrected chi connectivity index (χ0v) is 14.2. The fourth-order valence-corrected chi connectivity index (χ4v) is 1.79. The van der Waals surface area contributed by atoms with E-state index in [1.165, 1.54) is 6.08 Å². The molecule has 0 aromatic heterocycles. The molecule has 0 saturated heterocycles. The van der Waals surface area contributed by atoms with Gasteiger partial charge in [-0.05, 0) is 62.6 Å². The van der Waals surface area contributed by atoms with E-state index in [9.17, 15) is 9.90 Å². The van der Waals surface area contributed by atoms with Crippen LogP contribution in [0.3, 0.4) is 0 Å². The van der Waals surface area contributed by atoms with Crippen molar-refractivity contribution in [3.8, 4) is 0 Å². The Morgan fingerprint density at radius 3 is 2.65 bits per heavy atom. The van der Waals surface area contributed by atoms with E-state index < -0.39 is 11.7 Å². The van der Waals surface area contributed by atoms with Crippen LogP contribution in [-0.2, 0) is 11.3 Å². The minimum Gasteiger partial charge on any atom is -0.508 e. The summed E-state index contributed by atoms with van der Waals surface area (Å²) in [5, 5.41) is 12.1. The zero-order valence-electron chi connectivity index (χ0n) is 14.2. The number of hydrogen-bond acceptors (Lipinski definition) is 3. The van der Waals surface area contributed by atoms with E-state index >= 15 is 0 Å². The average molecular weight is 315 g/mol. The summed E-state index contributed by atoms with van der Waals surface area (Å²) in [6, 6.07) is 7.82. The van der Waals surface area contributed by atoms with Gasteiger partial charge in [0.05, 0.1) is 0 Å². The number of alkyl carbamates (subject to hydrolysis) is 1. The van der Waals surface area contributed by atoms with Crippen LogP contribution in [0.4, 0.5) is 4.79 Å². The largest absolute Gasteiger partial charge is 0.508 e. The lowest BCUT2D eigenvalue weighted by molar-refractivity contribution is 0.0523. The van der Waals surface area contributed by atoms with Gasteiger partial charge in [0, 0.05) is 6.54 Å². The summed E-state index contributed by atoms with van der Waals surface area (Å²) >= 11 is 0. The Morgan fingerprint density at radius 1 is 1.35 bits per heavy atom. The van der Waals surface area contributed by atoms with Gasteiger partial charge in [0.15, 0.2) is 0 Å². The van der Waals surface area contributed by atoms with E-state index in [2.05, 4.69) is 11.9 Å². The lowest BCUT2D eigenvalue weighted by Gasteiger charge is -2.19. The molecular formula is C19H25NO3. The van der Waals surface area contributed by atoms with Crippen molar-refractivity contribution in [1.82, 2.24) is 5.32 Å². The number of aliphatic hydroxyl groups excluding tert-OH is 1. The molecule has 0 aliphatic carbocycles. The minimum absolute atomic E-state index is 0.118. The molecule has 0 atom stereocenters. The first-order valence-electron chi connectivity index (χ1n) is 7.47. The molecule has 0 radical (unpaired) electrons. The second kappa shape index (κ2) is 8.22. The molecule has 1 amide bonds. The quantitative estimate of drug-likeness (QED) is 0.609. The van der Waals surface area contributed by atoms with Crippen LogP contribution in [0.5, 0.6) is 0 Å². The number of rotatable bonds is 5. The molecule has 0 unspecified atom stereocenters. The van der Waals surface area contributed by atoms with Gasteiger partial charge in [-0.25, -0.2) is 4.79 Å². The number of hydrogen-bond donors (Lipinski definition) is 2. The SMILES string of the molecule is C=C/C(O)=C\C=C(/C)c1cccc(CNC(=O)OC(C)(C)C)c1. The Kier molecular flexibility index (Phi) is 6.64. The van der Waals surface area contributed by atoms with Crippen LogP contribution in [0.25, 0.3) is 5.57 Å². The third kappa shape index (κ3) is 7.36. The Labute approximate surface area is 138 Å². The van der Waals surface area contributed by atoms with Crippen LogP contribution in [0.1, 0.15) is 38.8 Å². The molecule has 0 bridgehead atoms. The molecule has 0 saturated carbocycles. The standard InChI is InChI=1S/C19H25NO3/c1-6-17(21)11-10-14(2)16-9-7-8-15(12-16)13-20-18(22)23-19(3,4)5/h6-12,21H,1,13H2,2-5H3,(H,20,22)/b14-10+,17-11+. The molecule has 0 aliphatic rings. The number of benzene rings is 1. The van der Waals surface area contributed by atoms with Crippen molar-refractivity contribution in [3.05, 3.63) is 66.0 Å². The Balaban J connectivity index is 2.74.